The van der Waals surface area contributed by atoms with Crippen molar-refractivity contribution in [3.8, 4) is 5.75 Å². The Kier molecular flexibility index (Phi) is 4.17. The molecular weight excluding hydrogens is 280 g/mol. The van der Waals surface area contributed by atoms with Gasteiger partial charge in [0, 0.05) is 19.0 Å². The van der Waals surface area contributed by atoms with Crippen LogP contribution in [0.2, 0.25) is 0 Å². The van der Waals surface area contributed by atoms with Crippen LogP contribution in [0, 0.1) is 12.1 Å². The number of esters is 2. The number of carbonyl (C=O) groups excluding carboxylic acids is 2. The molecule has 0 bridgehead atoms. The maximum atomic E-state index is 12.0. The first-order chi connectivity index (χ1) is 9.99. The summed E-state index contributed by atoms with van der Waals surface area (Å²) in [5, 5.41) is 14.5. The molecule has 21 heavy (non-hydrogen) atoms. The Balaban J connectivity index is 2.10. The van der Waals surface area contributed by atoms with Crippen molar-refractivity contribution >= 4 is 11.9 Å². The lowest BCUT2D eigenvalue weighted by Gasteiger charge is -2.07. The number of nitrogens with zero attached hydrogens (tertiary/aromatic N) is 2. The van der Waals surface area contributed by atoms with Crippen molar-refractivity contribution in [2.45, 2.75) is 20.5 Å². The van der Waals surface area contributed by atoms with Gasteiger partial charge in [-0.3, -0.25) is 9.42 Å². The summed E-state index contributed by atoms with van der Waals surface area (Å²) < 4.78 is 14.3. The van der Waals surface area contributed by atoms with Gasteiger partial charge in [-0.05, 0) is 17.0 Å². The molecule has 0 unspecified atom stereocenters. The largest absolute Gasteiger partial charge is 0.453 e. The zero-order valence-electron chi connectivity index (χ0n) is 11.4. The second-order valence-corrected chi connectivity index (χ2v) is 4.13. The maximum absolute atomic E-state index is 12.0. The second kappa shape index (κ2) is 6.04. The van der Waals surface area contributed by atoms with Gasteiger partial charge in [-0.25, -0.2) is 4.79 Å². The van der Waals surface area contributed by atoms with Crippen LogP contribution in [0.3, 0.4) is 0 Å². The number of para-hydroxylation sites is 1. The quantitative estimate of drug-likeness (QED) is 0.468. The van der Waals surface area contributed by atoms with E-state index in [0.717, 1.165) is 0 Å². The molecular formula is C13H12N2O6. The minimum absolute atomic E-state index is 0.101. The molecule has 8 nitrogen and oxygen atoms in total. The summed E-state index contributed by atoms with van der Waals surface area (Å²) in [6, 6.07) is 6.17. The Morgan fingerprint density at radius 3 is 2.71 bits per heavy atom. The van der Waals surface area contributed by atoms with E-state index in [0.29, 0.717) is 0 Å². The number of aromatic nitrogens is 2. The molecule has 2 aromatic rings. The Morgan fingerprint density at radius 1 is 1.38 bits per heavy atom. The van der Waals surface area contributed by atoms with E-state index in [2.05, 4.69) is 9.79 Å². The van der Waals surface area contributed by atoms with E-state index in [9.17, 15) is 14.8 Å². The number of hydrogen-bond acceptors (Lipinski definition) is 7. The first kappa shape index (κ1) is 14.5. The maximum Gasteiger partial charge on any atom is 0.342 e. The molecule has 0 aliphatic rings. The van der Waals surface area contributed by atoms with Gasteiger partial charge in [0.25, 0.3) is 5.69 Å². The molecule has 0 atom stereocenters. The molecule has 0 radical (unpaired) electrons. The Bertz CT molecular complexity index is 679. The van der Waals surface area contributed by atoms with Gasteiger partial charge < -0.3 is 14.7 Å². The zero-order valence-corrected chi connectivity index (χ0v) is 11.4. The highest BCUT2D eigenvalue weighted by atomic mass is 16.8. The first-order valence-corrected chi connectivity index (χ1v) is 5.99. The Labute approximate surface area is 119 Å². The van der Waals surface area contributed by atoms with Crippen LogP contribution < -0.4 is 9.64 Å². The monoisotopic (exact) mass is 292 g/mol. The fourth-order valence-corrected chi connectivity index (χ4v) is 1.54. The number of ether oxygens (including phenoxy) is 2. The number of carbonyl (C=O) groups is 2. The minimum Gasteiger partial charge on any atom is -0.453 e. The highest BCUT2D eigenvalue weighted by molar-refractivity contribution is 5.93. The van der Waals surface area contributed by atoms with Gasteiger partial charge in [-0.1, -0.05) is 12.1 Å². The van der Waals surface area contributed by atoms with E-state index >= 15 is 0 Å². The lowest BCUT2D eigenvalue weighted by atomic mass is 10.2. The van der Waals surface area contributed by atoms with Crippen molar-refractivity contribution in [3.63, 3.8) is 0 Å². The fourth-order valence-electron chi connectivity index (χ4n) is 1.54. The third-order valence-corrected chi connectivity index (χ3v) is 2.62. The molecule has 0 aliphatic heterocycles. The van der Waals surface area contributed by atoms with Crippen LogP contribution in [0.1, 0.15) is 28.7 Å². The Morgan fingerprint density at radius 2 is 2.10 bits per heavy atom. The average molecular weight is 292 g/mol. The van der Waals surface area contributed by atoms with Crippen LogP contribution in [0.15, 0.2) is 28.9 Å². The van der Waals surface area contributed by atoms with Crippen LogP contribution in [0.25, 0.3) is 0 Å². The van der Waals surface area contributed by atoms with E-state index < -0.39 is 11.9 Å². The van der Waals surface area contributed by atoms with Crippen LogP contribution >= 0.6 is 0 Å². The van der Waals surface area contributed by atoms with Crippen molar-refractivity contribution in [1.82, 2.24) is 5.16 Å². The molecule has 2 rings (SSSR count). The van der Waals surface area contributed by atoms with E-state index in [-0.39, 0.29) is 34.2 Å². The molecule has 1 heterocycles. The van der Waals surface area contributed by atoms with Gasteiger partial charge in [0.2, 0.25) is 0 Å². The standard InChI is InChI=1S/C13H12N2O6/c1-8-11(14-21-15(8)18)7-19-13(17)10-5-3-4-6-12(10)20-9(2)16/h3-6H,7H2,1-2H3. The van der Waals surface area contributed by atoms with Crippen molar-refractivity contribution in [3.05, 3.63) is 46.4 Å². The van der Waals surface area contributed by atoms with Crippen molar-refractivity contribution in [2.75, 3.05) is 0 Å². The molecule has 0 N–H and O–H groups in total. The van der Waals surface area contributed by atoms with E-state index in [4.69, 9.17) is 9.47 Å². The summed E-state index contributed by atoms with van der Waals surface area (Å²) in [4.78, 5) is 23.2. The van der Waals surface area contributed by atoms with Gasteiger partial charge in [0.15, 0.2) is 12.3 Å². The summed E-state index contributed by atoms with van der Waals surface area (Å²) in [6.45, 7) is 2.49. The predicted molar refractivity (Wildman–Crippen MR) is 67.1 cm³/mol. The highest BCUT2D eigenvalue weighted by Crippen LogP contribution is 2.19. The zero-order chi connectivity index (χ0) is 15.4. The van der Waals surface area contributed by atoms with Crippen LogP contribution in [0.5, 0.6) is 5.75 Å². The van der Waals surface area contributed by atoms with Crippen molar-refractivity contribution < 1.29 is 28.6 Å². The topological polar surface area (TPSA) is 106 Å². The van der Waals surface area contributed by atoms with Crippen LogP contribution in [-0.4, -0.2) is 17.1 Å². The van der Waals surface area contributed by atoms with Crippen LogP contribution in [-0.2, 0) is 16.1 Å². The highest BCUT2D eigenvalue weighted by Gasteiger charge is 2.19. The molecule has 0 spiro atoms. The number of rotatable bonds is 4. The summed E-state index contributed by atoms with van der Waals surface area (Å²) >= 11 is 0. The molecule has 1 aromatic heterocycles. The van der Waals surface area contributed by atoms with Crippen molar-refractivity contribution in [1.29, 1.82) is 0 Å². The Hall–Kier alpha value is -2.90. The molecule has 8 heteroatoms. The lowest BCUT2D eigenvalue weighted by molar-refractivity contribution is -0.806. The van der Waals surface area contributed by atoms with Gasteiger partial charge in [-0.15, -0.1) is 0 Å². The van der Waals surface area contributed by atoms with Crippen molar-refractivity contribution in [2.24, 2.45) is 0 Å². The summed E-state index contributed by atoms with van der Waals surface area (Å²) in [7, 11) is 0. The number of hydrogen-bond donors (Lipinski definition) is 0. The van der Waals surface area contributed by atoms with Crippen LogP contribution in [0.4, 0.5) is 0 Å². The summed E-state index contributed by atoms with van der Waals surface area (Å²) in [5.74, 6) is -1.15. The average Bonchev–Trinajstić information content (AvgIpc) is 2.76. The smallest absolute Gasteiger partial charge is 0.342 e. The molecule has 0 saturated carbocycles. The van der Waals surface area contributed by atoms with E-state index in [1.165, 1.54) is 26.0 Å². The number of benzene rings is 1. The fraction of sp³-hybridized carbons (Fsp3) is 0.231. The van der Waals surface area contributed by atoms with Gasteiger partial charge in [-0.2, -0.15) is 0 Å². The lowest BCUT2D eigenvalue weighted by Crippen LogP contribution is -2.26. The third-order valence-electron chi connectivity index (χ3n) is 2.62. The predicted octanol–water partition coefficient (Wildman–Crippen LogP) is 0.899. The second-order valence-electron chi connectivity index (χ2n) is 4.13. The molecule has 110 valence electrons. The minimum atomic E-state index is -0.702. The molecule has 0 amide bonds. The van der Waals surface area contributed by atoms with Gasteiger partial charge in [0.1, 0.15) is 11.3 Å². The molecule has 1 aromatic carbocycles. The van der Waals surface area contributed by atoms with Gasteiger partial charge in [0.05, 0.1) is 0 Å². The normalized spacial score (nSPS) is 10.2. The van der Waals surface area contributed by atoms with E-state index in [1.807, 2.05) is 0 Å². The first-order valence-electron chi connectivity index (χ1n) is 5.99. The molecule has 0 aliphatic carbocycles. The third kappa shape index (κ3) is 3.35. The molecule has 0 fully saturated rings. The summed E-state index contributed by atoms with van der Waals surface area (Å²) in [6.07, 6.45) is 0. The van der Waals surface area contributed by atoms with Gasteiger partial charge >= 0.3 is 11.9 Å². The SMILES string of the molecule is CC(=O)Oc1ccccc1C(=O)OCc1no[n+]([O-])c1C. The van der Waals surface area contributed by atoms with E-state index in [1.54, 1.807) is 12.1 Å². The molecule has 0 saturated heterocycles. The summed E-state index contributed by atoms with van der Waals surface area (Å²) in [5.41, 5.74) is 0.517.